The molecule has 0 saturated heterocycles. The summed E-state index contributed by atoms with van der Waals surface area (Å²) in [4.78, 5) is 25.2. The summed E-state index contributed by atoms with van der Waals surface area (Å²) < 4.78 is 7.13. The van der Waals surface area contributed by atoms with Crippen molar-refractivity contribution in [1.82, 2.24) is 15.1 Å². The lowest BCUT2D eigenvalue weighted by Crippen LogP contribution is -2.35. The molecule has 0 aliphatic rings. The lowest BCUT2D eigenvalue weighted by Gasteiger charge is -2.14. The van der Waals surface area contributed by atoms with Gasteiger partial charge in [0.25, 0.3) is 5.56 Å². The number of nitrogens with zero attached hydrogens (tertiary/aromatic N) is 2. The van der Waals surface area contributed by atoms with E-state index in [1.165, 1.54) is 4.68 Å². The van der Waals surface area contributed by atoms with Crippen molar-refractivity contribution in [3.05, 3.63) is 75.9 Å². The van der Waals surface area contributed by atoms with Gasteiger partial charge in [0, 0.05) is 16.3 Å². The summed E-state index contributed by atoms with van der Waals surface area (Å²) in [5.74, 6) is 0.418. The van der Waals surface area contributed by atoms with Gasteiger partial charge in [-0.15, -0.1) is 0 Å². The summed E-state index contributed by atoms with van der Waals surface area (Å²) in [5.41, 5.74) is 2.23. The first kappa shape index (κ1) is 18.0. The zero-order valence-electron chi connectivity index (χ0n) is 16.0. The fourth-order valence-electron chi connectivity index (χ4n) is 3.61. The van der Waals surface area contributed by atoms with E-state index in [0.717, 1.165) is 21.9 Å². The minimum atomic E-state index is -0.322. The maximum absolute atomic E-state index is 12.6. The number of hydrogen-bond acceptors (Lipinski definition) is 4. The van der Waals surface area contributed by atoms with Gasteiger partial charge in [0.05, 0.1) is 17.1 Å². The monoisotopic (exact) mass is 375 g/mol. The van der Waals surface area contributed by atoms with Crippen LogP contribution in [0, 0.1) is 13.8 Å². The van der Waals surface area contributed by atoms with E-state index in [1.54, 1.807) is 12.1 Å². The summed E-state index contributed by atoms with van der Waals surface area (Å²) >= 11 is 0. The van der Waals surface area contributed by atoms with Crippen LogP contribution in [0.15, 0.2) is 57.7 Å². The number of carbonyl (C=O) groups is 1. The first-order valence-electron chi connectivity index (χ1n) is 9.19. The van der Waals surface area contributed by atoms with E-state index in [-0.39, 0.29) is 24.1 Å². The number of furan rings is 1. The Morgan fingerprint density at radius 3 is 2.43 bits per heavy atom. The standard InChI is InChI=1S/C22H21N3O3/c1-13-16-8-6-7-11-19(16)28-21(13)15(3)23-20(26)12-25-22(27)18-10-5-4-9-17(18)14(2)24-25/h4-11,15H,12H2,1-3H3,(H,23,26)/t15-/m0/s1. The number of fused-ring (bicyclic) bond motifs is 2. The molecule has 0 unspecified atom stereocenters. The summed E-state index contributed by atoms with van der Waals surface area (Å²) in [6, 6.07) is 14.7. The topological polar surface area (TPSA) is 77.1 Å². The maximum atomic E-state index is 12.6. The first-order valence-corrected chi connectivity index (χ1v) is 9.19. The molecular weight excluding hydrogens is 354 g/mol. The maximum Gasteiger partial charge on any atom is 0.275 e. The second kappa shape index (κ2) is 6.96. The van der Waals surface area contributed by atoms with Crippen LogP contribution in [0.5, 0.6) is 0 Å². The van der Waals surface area contributed by atoms with Crippen LogP contribution in [0.4, 0.5) is 0 Å². The van der Waals surface area contributed by atoms with Crippen LogP contribution in [-0.4, -0.2) is 15.7 Å². The van der Waals surface area contributed by atoms with Gasteiger partial charge in [0.2, 0.25) is 5.91 Å². The molecule has 142 valence electrons. The highest BCUT2D eigenvalue weighted by molar-refractivity contribution is 5.84. The Morgan fingerprint density at radius 1 is 1.07 bits per heavy atom. The number of aryl methyl sites for hydroxylation is 2. The highest BCUT2D eigenvalue weighted by Gasteiger charge is 2.19. The third-order valence-electron chi connectivity index (χ3n) is 5.00. The Labute approximate surface area is 161 Å². The van der Waals surface area contributed by atoms with E-state index in [0.29, 0.717) is 16.8 Å². The first-order chi connectivity index (χ1) is 13.5. The molecule has 2 aromatic heterocycles. The lowest BCUT2D eigenvalue weighted by atomic mass is 10.1. The average Bonchev–Trinajstić information content (AvgIpc) is 3.03. The highest BCUT2D eigenvalue weighted by atomic mass is 16.3. The van der Waals surface area contributed by atoms with Crippen LogP contribution in [-0.2, 0) is 11.3 Å². The second-order valence-electron chi connectivity index (χ2n) is 6.97. The molecule has 1 amide bonds. The van der Waals surface area contributed by atoms with E-state index in [1.807, 2.05) is 57.2 Å². The van der Waals surface area contributed by atoms with Crippen LogP contribution in [0.3, 0.4) is 0 Å². The number of benzene rings is 2. The number of aromatic nitrogens is 2. The van der Waals surface area contributed by atoms with E-state index in [4.69, 9.17) is 4.42 Å². The van der Waals surface area contributed by atoms with Crippen molar-refractivity contribution in [3.63, 3.8) is 0 Å². The van der Waals surface area contributed by atoms with Gasteiger partial charge in [-0.1, -0.05) is 36.4 Å². The van der Waals surface area contributed by atoms with Gasteiger partial charge in [-0.2, -0.15) is 5.10 Å². The Kier molecular flexibility index (Phi) is 4.47. The number of nitrogens with one attached hydrogen (secondary N) is 1. The number of amides is 1. The molecule has 0 bridgehead atoms. The molecule has 0 spiro atoms. The minimum Gasteiger partial charge on any atom is -0.459 e. The molecule has 28 heavy (non-hydrogen) atoms. The Balaban J connectivity index is 1.57. The van der Waals surface area contributed by atoms with Crippen LogP contribution in [0.1, 0.15) is 30.0 Å². The summed E-state index contributed by atoms with van der Waals surface area (Å²) in [7, 11) is 0. The van der Waals surface area contributed by atoms with Crippen molar-refractivity contribution >= 4 is 27.6 Å². The smallest absolute Gasteiger partial charge is 0.275 e. The fraction of sp³-hybridized carbons (Fsp3) is 0.227. The molecular formula is C22H21N3O3. The molecule has 1 N–H and O–H groups in total. The van der Waals surface area contributed by atoms with Crippen molar-refractivity contribution < 1.29 is 9.21 Å². The number of hydrogen-bond donors (Lipinski definition) is 1. The van der Waals surface area contributed by atoms with Crippen LogP contribution < -0.4 is 10.9 Å². The summed E-state index contributed by atoms with van der Waals surface area (Å²) in [6.07, 6.45) is 0. The second-order valence-corrected chi connectivity index (χ2v) is 6.97. The number of para-hydroxylation sites is 1. The van der Waals surface area contributed by atoms with E-state index < -0.39 is 0 Å². The molecule has 1 atom stereocenters. The molecule has 0 aliphatic carbocycles. The summed E-state index contributed by atoms with van der Waals surface area (Å²) in [6.45, 7) is 5.53. The average molecular weight is 375 g/mol. The van der Waals surface area contributed by atoms with E-state index in [9.17, 15) is 9.59 Å². The van der Waals surface area contributed by atoms with Crippen LogP contribution >= 0.6 is 0 Å². The van der Waals surface area contributed by atoms with Gasteiger partial charge in [-0.3, -0.25) is 9.59 Å². The Morgan fingerprint density at radius 2 is 1.71 bits per heavy atom. The SMILES string of the molecule is Cc1c([C@H](C)NC(=O)Cn2nc(C)c3ccccc3c2=O)oc2ccccc12. The molecule has 2 heterocycles. The zero-order valence-corrected chi connectivity index (χ0v) is 16.0. The molecule has 0 fully saturated rings. The van der Waals surface area contributed by atoms with Gasteiger partial charge in [-0.05, 0) is 32.9 Å². The quantitative estimate of drug-likeness (QED) is 0.591. The lowest BCUT2D eigenvalue weighted by molar-refractivity contribution is -0.122. The van der Waals surface area contributed by atoms with E-state index >= 15 is 0 Å². The number of carbonyl (C=O) groups excluding carboxylic acids is 1. The molecule has 0 saturated carbocycles. The molecule has 6 heteroatoms. The van der Waals surface area contributed by atoms with Crippen LogP contribution in [0.2, 0.25) is 0 Å². The molecule has 0 radical (unpaired) electrons. The Hall–Kier alpha value is -3.41. The van der Waals surface area contributed by atoms with Crippen LogP contribution in [0.25, 0.3) is 21.7 Å². The van der Waals surface area contributed by atoms with Gasteiger partial charge in [0.15, 0.2) is 0 Å². The van der Waals surface area contributed by atoms with Crippen molar-refractivity contribution in [1.29, 1.82) is 0 Å². The van der Waals surface area contributed by atoms with E-state index in [2.05, 4.69) is 10.4 Å². The molecule has 0 aliphatic heterocycles. The number of rotatable bonds is 4. The molecule has 4 rings (SSSR count). The molecule has 6 nitrogen and oxygen atoms in total. The zero-order chi connectivity index (χ0) is 19.8. The van der Waals surface area contributed by atoms with Crippen molar-refractivity contribution in [2.24, 2.45) is 0 Å². The van der Waals surface area contributed by atoms with Crippen molar-refractivity contribution in [3.8, 4) is 0 Å². The third-order valence-corrected chi connectivity index (χ3v) is 5.00. The Bertz CT molecular complexity index is 1250. The predicted octanol–water partition coefficient (Wildman–Crippen LogP) is 3.64. The predicted molar refractivity (Wildman–Crippen MR) is 108 cm³/mol. The molecule has 2 aromatic carbocycles. The third kappa shape index (κ3) is 3.07. The summed E-state index contributed by atoms with van der Waals surface area (Å²) in [5, 5.41) is 9.59. The minimum absolute atomic E-state index is 0.145. The van der Waals surface area contributed by atoms with Gasteiger partial charge in [0.1, 0.15) is 17.9 Å². The van der Waals surface area contributed by atoms with Gasteiger partial charge in [-0.25, -0.2) is 4.68 Å². The van der Waals surface area contributed by atoms with Gasteiger partial charge >= 0.3 is 0 Å². The molecule has 4 aromatic rings. The highest BCUT2D eigenvalue weighted by Crippen LogP contribution is 2.29. The largest absolute Gasteiger partial charge is 0.459 e. The fourth-order valence-corrected chi connectivity index (χ4v) is 3.61. The van der Waals surface area contributed by atoms with Crippen molar-refractivity contribution in [2.75, 3.05) is 0 Å². The normalized spacial score (nSPS) is 12.4. The van der Waals surface area contributed by atoms with Gasteiger partial charge < -0.3 is 9.73 Å². The van der Waals surface area contributed by atoms with Crippen molar-refractivity contribution in [2.45, 2.75) is 33.4 Å².